The van der Waals surface area contributed by atoms with E-state index in [0.717, 1.165) is 13.1 Å². The van der Waals surface area contributed by atoms with Gasteiger partial charge in [-0.2, -0.15) is 0 Å². The molecule has 2 saturated heterocycles. The maximum absolute atomic E-state index is 12.4. The molecule has 0 aliphatic carbocycles. The Kier molecular flexibility index (Phi) is 6.32. The molecule has 2 aliphatic rings. The van der Waals surface area contributed by atoms with E-state index in [1.165, 1.54) is 19.3 Å². The molecule has 2 heterocycles. The predicted octanol–water partition coefficient (Wildman–Crippen LogP) is 1.26. The molecule has 24 heavy (non-hydrogen) atoms. The monoisotopic (exact) mass is 339 g/mol. The number of amides is 4. The highest BCUT2D eigenvalue weighted by atomic mass is 16.2. The van der Waals surface area contributed by atoms with Gasteiger partial charge in [0.05, 0.1) is 0 Å². The lowest BCUT2D eigenvalue weighted by atomic mass is 9.98. The van der Waals surface area contributed by atoms with Crippen LogP contribution in [0.5, 0.6) is 0 Å². The van der Waals surface area contributed by atoms with Crippen molar-refractivity contribution in [3.05, 3.63) is 0 Å². The highest BCUT2D eigenvalue weighted by Gasteiger charge is 2.30. The number of hydrogen-bond donors (Lipinski definition) is 1. The third kappa shape index (κ3) is 4.75. The topological polar surface area (TPSA) is 59.1 Å². The summed E-state index contributed by atoms with van der Waals surface area (Å²) in [5.41, 5.74) is -0.0151. The van der Waals surface area contributed by atoms with Crippen LogP contribution in [0.25, 0.3) is 0 Å². The Labute approximate surface area is 145 Å². The number of rotatable bonds is 3. The summed E-state index contributed by atoms with van der Waals surface area (Å²) in [5.74, 6) is 0. The SMILES string of the molecule is CN(C)C(=O)N1CCN(C(=O)NCC(C)(C)N2CCCCC2)CC1. The van der Waals surface area contributed by atoms with E-state index in [-0.39, 0.29) is 17.6 Å². The molecular weight excluding hydrogens is 306 g/mol. The van der Waals surface area contributed by atoms with Crippen LogP contribution in [0.4, 0.5) is 9.59 Å². The largest absolute Gasteiger partial charge is 0.336 e. The van der Waals surface area contributed by atoms with Gasteiger partial charge in [0.1, 0.15) is 0 Å². The molecule has 7 heteroatoms. The summed E-state index contributed by atoms with van der Waals surface area (Å²) in [6.45, 7) is 9.68. The molecule has 0 aromatic heterocycles. The van der Waals surface area contributed by atoms with Crippen molar-refractivity contribution in [1.29, 1.82) is 0 Å². The predicted molar refractivity (Wildman–Crippen MR) is 95.1 cm³/mol. The average Bonchev–Trinajstić information content (AvgIpc) is 2.60. The molecule has 4 amide bonds. The third-order valence-electron chi connectivity index (χ3n) is 5.10. The van der Waals surface area contributed by atoms with Gasteiger partial charge in [0, 0.05) is 52.4 Å². The van der Waals surface area contributed by atoms with Crippen LogP contribution < -0.4 is 5.32 Å². The summed E-state index contributed by atoms with van der Waals surface area (Å²) in [6.07, 6.45) is 3.81. The molecule has 0 bridgehead atoms. The molecular formula is C17H33N5O2. The first-order chi connectivity index (χ1) is 11.3. The number of nitrogens with one attached hydrogen (secondary N) is 1. The van der Waals surface area contributed by atoms with E-state index in [1.807, 2.05) is 4.90 Å². The maximum atomic E-state index is 12.4. The van der Waals surface area contributed by atoms with E-state index in [0.29, 0.717) is 32.7 Å². The van der Waals surface area contributed by atoms with Crippen LogP contribution >= 0.6 is 0 Å². The zero-order valence-electron chi connectivity index (χ0n) is 15.7. The van der Waals surface area contributed by atoms with Crippen LogP contribution in [0.15, 0.2) is 0 Å². The molecule has 0 aromatic carbocycles. The summed E-state index contributed by atoms with van der Waals surface area (Å²) < 4.78 is 0. The van der Waals surface area contributed by atoms with Gasteiger partial charge >= 0.3 is 12.1 Å². The Morgan fingerprint density at radius 2 is 1.46 bits per heavy atom. The lowest BCUT2D eigenvalue weighted by molar-refractivity contribution is 0.0913. The van der Waals surface area contributed by atoms with Crippen LogP contribution in [-0.4, -0.2) is 97.1 Å². The number of piperidine rings is 1. The van der Waals surface area contributed by atoms with Crippen molar-refractivity contribution in [3.8, 4) is 0 Å². The number of likely N-dealkylation sites (tertiary alicyclic amines) is 1. The Balaban J connectivity index is 1.76. The smallest absolute Gasteiger partial charge is 0.319 e. The molecule has 2 rings (SSSR count). The van der Waals surface area contributed by atoms with Gasteiger partial charge in [0.2, 0.25) is 0 Å². The molecule has 0 unspecified atom stereocenters. The van der Waals surface area contributed by atoms with Gasteiger partial charge in [-0.25, -0.2) is 9.59 Å². The molecule has 2 aliphatic heterocycles. The lowest BCUT2D eigenvalue weighted by Gasteiger charge is -2.42. The number of piperazine rings is 1. The molecule has 0 spiro atoms. The van der Waals surface area contributed by atoms with Gasteiger partial charge in [-0.15, -0.1) is 0 Å². The van der Waals surface area contributed by atoms with Crippen molar-refractivity contribution in [2.45, 2.75) is 38.6 Å². The fraction of sp³-hybridized carbons (Fsp3) is 0.882. The molecule has 0 aromatic rings. The average molecular weight is 339 g/mol. The van der Waals surface area contributed by atoms with Crippen molar-refractivity contribution in [2.75, 3.05) is 59.9 Å². The molecule has 2 fully saturated rings. The summed E-state index contributed by atoms with van der Waals surface area (Å²) >= 11 is 0. The summed E-state index contributed by atoms with van der Waals surface area (Å²) in [5, 5.41) is 3.09. The van der Waals surface area contributed by atoms with Crippen LogP contribution in [0.1, 0.15) is 33.1 Å². The normalized spacial score (nSPS) is 20.0. The summed E-state index contributed by atoms with van der Waals surface area (Å²) in [6, 6.07) is -0.00155. The van der Waals surface area contributed by atoms with Gasteiger partial charge < -0.3 is 20.0 Å². The minimum Gasteiger partial charge on any atom is -0.336 e. The third-order valence-corrected chi connectivity index (χ3v) is 5.10. The second-order valence-corrected chi connectivity index (χ2v) is 7.67. The van der Waals surface area contributed by atoms with Gasteiger partial charge in [-0.3, -0.25) is 4.90 Å². The Morgan fingerprint density at radius 1 is 0.917 bits per heavy atom. The van der Waals surface area contributed by atoms with Crippen molar-refractivity contribution in [1.82, 2.24) is 24.9 Å². The second-order valence-electron chi connectivity index (χ2n) is 7.67. The number of nitrogens with zero attached hydrogens (tertiary/aromatic N) is 4. The van der Waals surface area contributed by atoms with E-state index >= 15 is 0 Å². The maximum Gasteiger partial charge on any atom is 0.319 e. The standard InChI is InChI=1S/C17H33N5O2/c1-17(2,22-8-6-5-7-9-22)14-18-15(23)20-10-12-21(13-11-20)16(24)19(3)4/h5-14H2,1-4H3,(H,18,23). The molecule has 7 nitrogen and oxygen atoms in total. The molecule has 0 radical (unpaired) electrons. The van der Waals surface area contributed by atoms with E-state index in [1.54, 1.807) is 23.9 Å². The fourth-order valence-electron chi connectivity index (χ4n) is 3.40. The Hall–Kier alpha value is -1.50. The Bertz CT molecular complexity index is 438. The number of carbonyl (C=O) groups is 2. The summed E-state index contributed by atoms with van der Waals surface area (Å²) in [7, 11) is 3.51. The van der Waals surface area contributed by atoms with Crippen molar-refractivity contribution in [3.63, 3.8) is 0 Å². The van der Waals surface area contributed by atoms with Crippen LogP contribution in [0.3, 0.4) is 0 Å². The second kappa shape index (κ2) is 8.05. The van der Waals surface area contributed by atoms with Gasteiger partial charge in [-0.05, 0) is 39.8 Å². The number of carbonyl (C=O) groups excluding carboxylic acids is 2. The minimum absolute atomic E-state index is 0.0151. The first-order valence-corrected chi connectivity index (χ1v) is 9.05. The van der Waals surface area contributed by atoms with E-state index in [9.17, 15) is 9.59 Å². The van der Waals surface area contributed by atoms with Gasteiger partial charge in [0.15, 0.2) is 0 Å². The van der Waals surface area contributed by atoms with Gasteiger partial charge in [0.25, 0.3) is 0 Å². The first-order valence-electron chi connectivity index (χ1n) is 9.05. The molecule has 0 atom stereocenters. The zero-order valence-corrected chi connectivity index (χ0v) is 15.7. The molecule has 1 N–H and O–H groups in total. The van der Waals surface area contributed by atoms with Crippen molar-refractivity contribution >= 4 is 12.1 Å². The Morgan fingerprint density at radius 3 is 2.00 bits per heavy atom. The fourth-order valence-corrected chi connectivity index (χ4v) is 3.40. The van der Waals surface area contributed by atoms with Crippen molar-refractivity contribution < 1.29 is 9.59 Å². The lowest BCUT2D eigenvalue weighted by Crippen LogP contribution is -2.58. The zero-order chi connectivity index (χ0) is 17.7. The van der Waals surface area contributed by atoms with Crippen LogP contribution in [0, 0.1) is 0 Å². The summed E-state index contributed by atoms with van der Waals surface area (Å²) in [4.78, 5) is 32.0. The molecule has 0 saturated carbocycles. The van der Waals surface area contributed by atoms with Crippen LogP contribution in [-0.2, 0) is 0 Å². The first kappa shape index (κ1) is 18.8. The van der Waals surface area contributed by atoms with Crippen molar-refractivity contribution in [2.24, 2.45) is 0 Å². The highest BCUT2D eigenvalue weighted by Crippen LogP contribution is 2.20. The van der Waals surface area contributed by atoms with E-state index in [4.69, 9.17) is 0 Å². The number of urea groups is 2. The van der Waals surface area contributed by atoms with E-state index in [2.05, 4.69) is 24.1 Å². The quantitative estimate of drug-likeness (QED) is 0.842. The van der Waals surface area contributed by atoms with Crippen LogP contribution in [0.2, 0.25) is 0 Å². The van der Waals surface area contributed by atoms with E-state index < -0.39 is 0 Å². The van der Waals surface area contributed by atoms with Gasteiger partial charge in [-0.1, -0.05) is 6.42 Å². The number of hydrogen-bond acceptors (Lipinski definition) is 3. The molecule has 138 valence electrons. The minimum atomic E-state index is -0.0166. The highest BCUT2D eigenvalue weighted by molar-refractivity contribution is 5.76.